The Kier molecular flexibility index (Phi) is 1.68. The van der Waals surface area contributed by atoms with E-state index in [1.807, 2.05) is 0 Å². The van der Waals surface area contributed by atoms with Crippen molar-refractivity contribution >= 4 is 22.6 Å². The third-order valence-corrected chi connectivity index (χ3v) is 2.08. The predicted octanol–water partition coefficient (Wildman–Crippen LogP) is -1.20. The van der Waals surface area contributed by atoms with Crippen LogP contribution < -0.4 is 4.99 Å². The summed E-state index contributed by atoms with van der Waals surface area (Å²) in [6.45, 7) is 2.53. The second-order valence-corrected chi connectivity index (χ2v) is 2.77. The molecule has 0 aliphatic carbocycles. The highest BCUT2D eigenvalue weighted by atomic mass is 32.2. The number of carbonyl (C=O) groups is 1. The summed E-state index contributed by atoms with van der Waals surface area (Å²) in [5.41, 5.74) is 0. The van der Waals surface area contributed by atoms with Crippen LogP contribution in [-0.2, 0) is 4.79 Å². The maximum atomic E-state index is 10.5. The van der Waals surface area contributed by atoms with Crippen LogP contribution in [0.4, 0.5) is 0 Å². The summed E-state index contributed by atoms with van der Waals surface area (Å²) in [6, 6.07) is 0. The van der Waals surface area contributed by atoms with Crippen LogP contribution in [0, 0.1) is 0 Å². The van der Waals surface area contributed by atoms with Gasteiger partial charge in [0.1, 0.15) is 0 Å². The first-order chi connectivity index (χ1) is 3.80. The lowest BCUT2D eigenvalue weighted by atomic mass is 10.5. The van der Waals surface area contributed by atoms with Crippen molar-refractivity contribution < 1.29 is 9.79 Å². The molecule has 0 unspecified atom stereocenters. The molecule has 0 bridgehead atoms. The van der Waals surface area contributed by atoms with Gasteiger partial charge in [0.2, 0.25) is 5.78 Å². The topological polar surface area (TPSA) is 31.0 Å². The summed E-state index contributed by atoms with van der Waals surface area (Å²) in [4.78, 5) is 13.5. The van der Waals surface area contributed by atoms with Crippen molar-refractivity contribution in [2.75, 3.05) is 12.3 Å². The van der Waals surface area contributed by atoms with Crippen molar-refractivity contribution in [3.05, 3.63) is 0 Å². The molecule has 2 nitrogen and oxygen atoms in total. The van der Waals surface area contributed by atoms with Crippen LogP contribution in [-0.4, -0.2) is 23.1 Å². The fraction of sp³-hybridized carbons (Fsp3) is 0.600. The van der Waals surface area contributed by atoms with Crippen molar-refractivity contribution in [3.63, 3.8) is 0 Å². The Morgan fingerprint density at radius 3 is 2.88 bits per heavy atom. The van der Waals surface area contributed by atoms with E-state index < -0.39 is 0 Å². The van der Waals surface area contributed by atoms with Crippen LogP contribution in [0.3, 0.4) is 0 Å². The molecule has 0 fully saturated rings. The van der Waals surface area contributed by atoms with Crippen molar-refractivity contribution in [1.29, 1.82) is 0 Å². The van der Waals surface area contributed by atoms with Gasteiger partial charge in [-0.1, -0.05) is 0 Å². The van der Waals surface area contributed by atoms with Gasteiger partial charge < -0.3 is 0 Å². The maximum absolute atomic E-state index is 10.5. The summed E-state index contributed by atoms with van der Waals surface area (Å²) in [6.07, 6.45) is 0. The summed E-state index contributed by atoms with van der Waals surface area (Å²) >= 11 is 1.61. The van der Waals surface area contributed by atoms with Crippen LogP contribution in [0.5, 0.6) is 0 Å². The second-order valence-electron chi connectivity index (χ2n) is 1.66. The smallest absolute Gasteiger partial charge is 0.276 e. The molecule has 0 aromatic carbocycles. The molecule has 1 aliphatic heterocycles. The Hall–Kier alpha value is -0.310. The lowest BCUT2D eigenvalue weighted by molar-refractivity contribution is -0.443. The Balaban J connectivity index is 2.57. The van der Waals surface area contributed by atoms with E-state index in [-0.39, 0.29) is 5.78 Å². The minimum atomic E-state index is 0.160. The number of nitrogens with one attached hydrogen (secondary N) is 1. The Morgan fingerprint density at radius 1 is 1.88 bits per heavy atom. The molecule has 0 spiro atoms. The highest BCUT2D eigenvalue weighted by molar-refractivity contribution is 8.15. The van der Waals surface area contributed by atoms with Crippen LogP contribution in [0.25, 0.3) is 0 Å². The zero-order valence-corrected chi connectivity index (χ0v) is 5.55. The SMILES string of the molecule is CC(=O)C1=[NH+]CCS1. The number of Topliss-reactive ketones (excluding diaryl/α,β-unsaturated/α-hetero) is 1. The maximum Gasteiger partial charge on any atom is 0.276 e. The zero-order chi connectivity index (χ0) is 5.98. The standard InChI is InChI=1S/C5H7NOS/c1-4(7)5-6-2-3-8-5/h2-3H2,1H3/p+1. The van der Waals surface area contributed by atoms with Crippen molar-refractivity contribution in [3.8, 4) is 0 Å². The molecule has 0 saturated heterocycles. The first kappa shape index (κ1) is 5.82. The predicted molar refractivity (Wildman–Crippen MR) is 34.0 cm³/mol. The highest BCUT2D eigenvalue weighted by Crippen LogP contribution is 2.00. The molecule has 0 saturated carbocycles. The van der Waals surface area contributed by atoms with Crippen molar-refractivity contribution in [2.45, 2.75) is 6.92 Å². The number of carbonyl (C=O) groups excluding carboxylic acids is 1. The molecule has 3 heteroatoms. The van der Waals surface area contributed by atoms with Gasteiger partial charge in [0.15, 0.2) is 6.54 Å². The van der Waals surface area contributed by atoms with Crippen LogP contribution >= 0.6 is 11.8 Å². The molecular formula is C5H8NOS+. The molecule has 44 valence electrons. The summed E-state index contributed by atoms with van der Waals surface area (Å²) < 4.78 is 0. The van der Waals surface area contributed by atoms with E-state index in [1.165, 1.54) is 0 Å². The molecule has 1 heterocycles. The number of hydrogen-bond acceptors (Lipinski definition) is 2. The van der Waals surface area contributed by atoms with E-state index in [0.29, 0.717) is 0 Å². The summed E-state index contributed by atoms with van der Waals surface area (Å²) in [7, 11) is 0. The van der Waals surface area contributed by atoms with Gasteiger partial charge in [-0.15, -0.1) is 0 Å². The average Bonchev–Trinajstić information content (AvgIpc) is 2.12. The Bertz CT molecular complexity index is 141. The van der Waals surface area contributed by atoms with Crippen LogP contribution in [0.15, 0.2) is 0 Å². The van der Waals surface area contributed by atoms with E-state index in [4.69, 9.17) is 0 Å². The first-order valence-corrected chi connectivity index (χ1v) is 3.54. The average molecular weight is 130 g/mol. The number of rotatable bonds is 1. The van der Waals surface area contributed by atoms with Gasteiger partial charge in [0.25, 0.3) is 5.04 Å². The van der Waals surface area contributed by atoms with E-state index in [0.717, 1.165) is 17.3 Å². The molecule has 1 N–H and O–H groups in total. The molecule has 1 rings (SSSR count). The normalized spacial score (nSPS) is 18.4. The molecule has 0 aromatic rings. The largest absolute Gasteiger partial charge is 0.287 e. The zero-order valence-electron chi connectivity index (χ0n) is 4.73. The summed E-state index contributed by atoms with van der Waals surface area (Å²) in [5.74, 6) is 1.20. The Labute approximate surface area is 52.4 Å². The third-order valence-electron chi connectivity index (χ3n) is 0.954. The highest BCUT2D eigenvalue weighted by Gasteiger charge is 2.17. The number of hydrogen-bond donors (Lipinski definition) is 1. The lowest BCUT2D eigenvalue weighted by Gasteiger charge is -1.78. The monoisotopic (exact) mass is 130 g/mol. The number of ketones is 1. The van der Waals surface area contributed by atoms with Gasteiger partial charge in [-0.05, 0) is 11.8 Å². The van der Waals surface area contributed by atoms with Gasteiger partial charge in [-0.3, -0.25) is 4.79 Å². The quantitative estimate of drug-likeness (QED) is 0.483. The molecule has 0 aromatic heterocycles. The molecule has 0 radical (unpaired) electrons. The van der Waals surface area contributed by atoms with Crippen molar-refractivity contribution in [1.82, 2.24) is 0 Å². The first-order valence-electron chi connectivity index (χ1n) is 2.55. The summed E-state index contributed by atoms with van der Waals surface area (Å²) in [5, 5.41) is 0.824. The molecule has 8 heavy (non-hydrogen) atoms. The van der Waals surface area contributed by atoms with Crippen molar-refractivity contribution in [2.24, 2.45) is 0 Å². The van der Waals surface area contributed by atoms with E-state index in [2.05, 4.69) is 4.99 Å². The third kappa shape index (κ3) is 1.10. The number of thioether (sulfide) groups is 1. The van der Waals surface area contributed by atoms with Gasteiger partial charge >= 0.3 is 0 Å². The van der Waals surface area contributed by atoms with E-state index in [1.54, 1.807) is 18.7 Å². The van der Waals surface area contributed by atoms with Crippen LogP contribution in [0.2, 0.25) is 0 Å². The van der Waals surface area contributed by atoms with Crippen LogP contribution in [0.1, 0.15) is 6.92 Å². The molecular weight excluding hydrogens is 122 g/mol. The fourth-order valence-corrected chi connectivity index (χ4v) is 1.41. The Morgan fingerprint density at radius 2 is 2.62 bits per heavy atom. The lowest BCUT2D eigenvalue weighted by Crippen LogP contribution is -2.70. The minimum absolute atomic E-state index is 0.160. The minimum Gasteiger partial charge on any atom is -0.287 e. The van der Waals surface area contributed by atoms with Gasteiger partial charge in [-0.25, -0.2) is 4.99 Å². The van der Waals surface area contributed by atoms with Gasteiger partial charge in [-0.2, -0.15) is 0 Å². The molecule has 0 atom stereocenters. The fourth-order valence-electron chi connectivity index (χ4n) is 0.595. The molecule has 0 amide bonds. The van der Waals surface area contributed by atoms with E-state index >= 15 is 0 Å². The second kappa shape index (κ2) is 2.31. The van der Waals surface area contributed by atoms with Gasteiger partial charge in [0, 0.05) is 6.92 Å². The van der Waals surface area contributed by atoms with Gasteiger partial charge in [0.05, 0.1) is 5.75 Å². The van der Waals surface area contributed by atoms with E-state index in [9.17, 15) is 4.79 Å². The molecule has 1 aliphatic rings.